The molecule has 1 rings (SSSR count). The van der Waals surface area contributed by atoms with Crippen LogP contribution in [0.1, 0.15) is 51.9 Å². The third-order valence-electron chi connectivity index (χ3n) is 3.09. The average Bonchev–Trinajstić information content (AvgIpc) is 2.65. The standard InChI is InChI=1S/C12H25NO/c1-2-8-14-9-7-12(13)10-11-5-3-4-6-11/h11-12H,2-10,13H2,1H3. The molecule has 1 saturated carbocycles. The molecule has 1 aliphatic rings. The predicted molar refractivity (Wildman–Crippen MR) is 60.3 cm³/mol. The number of rotatable bonds is 7. The van der Waals surface area contributed by atoms with E-state index in [1.54, 1.807) is 0 Å². The molecule has 1 aliphatic carbocycles. The van der Waals surface area contributed by atoms with Crippen LogP contribution in [0.4, 0.5) is 0 Å². The van der Waals surface area contributed by atoms with Crippen molar-refractivity contribution in [2.45, 2.75) is 57.9 Å². The minimum atomic E-state index is 0.370. The van der Waals surface area contributed by atoms with Gasteiger partial charge in [0.2, 0.25) is 0 Å². The maximum atomic E-state index is 6.06. The van der Waals surface area contributed by atoms with Gasteiger partial charge in [0.15, 0.2) is 0 Å². The second-order valence-corrected chi connectivity index (χ2v) is 4.55. The second kappa shape index (κ2) is 7.24. The quantitative estimate of drug-likeness (QED) is 0.640. The number of nitrogens with two attached hydrogens (primary N) is 1. The molecule has 1 atom stereocenters. The summed E-state index contributed by atoms with van der Waals surface area (Å²) in [4.78, 5) is 0. The number of hydrogen-bond donors (Lipinski definition) is 1. The zero-order valence-corrected chi connectivity index (χ0v) is 9.50. The van der Waals surface area contributed by atoms with Gasteiger partial charge < -0.3 is 10.5 Å². The Morgan fingerprint density at radius 1 is 1.29 bits per heavy atom. The van der Waals surface area contributed by atoms with Gasteiger partial charge in [-0.1, -0.05) is 32.6 Å². The lowest BCUT2D eigenvalue weighted by Gasteiger charge is -2.15. The second-order valence-electron chi connectivity index (χ2n) is 4.55. The minimum Gasteiger partial charge on any atom is -0.381 e. The fourth-order valence-corrected chi connectivity index (χ4v) is 2.27. The van der Waals surface area contributed by atoms with Crippen LogP contribution in [0.25, 0.3) is 0 Å². The fourth-order valence-electron chi connectivity index (χ4n) is 2.27. The summed E-state index contributed by atoms with van der Waals surface area (Å²) in [5.74, 6) is 0.913. The van der Waals surface area contributed by atoms with E-state index in [-0.39, 0.29) is 0 Å². The van der Waals surface area contributed by atoms with E-state index in [4.69, 9.17) is 10.5 Å². The summed E-state index contributed by atoms with van der Waals surface area (Å²) >= 11 is 0. The molecule has 0 aromatic rings. The smallest absolute Gasteiger partial charge is 0.0480 e. The Hall–Kier alpha value is -0.0800. The highest BCUT2D eigenvalue weighted by atomic mass is 16.5. The SMILES string of the molecule is CCCOCCC(N)CC1CCCC1. The first-order valence-corrected chi connectivity index (χ1v) is 6.16. The summed E-state index contributed by atoms with van der Waals surface area (Å²) in [7, 11) is 0. The van der Waals surface area contributed by atoms with Crippen molar-refractivity contribution in [3.63, 3.8) is 0 Å². The van der Waals surface area contributed by atoms with Gasteiger partial charge in [-0.05, 0) is 25.2 Å². The maximum absolute atomic E-state index is 6.06. The van der Waals surface area contributed by atoms with Gasteiger partial charge in [-0.15, -0.1) is 0 Å². The molecular formula is C12H25NO. The van der Waals surface area contributed by atoms with Gasteiger partial charge >= 0.3 is 0 Å². The van der Waals surface area contributed by atoms with Gasteiger partial charge in [-0.2, -0.15) is 0 Å². The molecule has 0 radical (unpaired) electrons. The highest BCUT2D eigenvalue weighted by Crippen LogP contribution is 2.28. The Bertz CT molecular complexity index is 132. The summed E-state index contributed by atoms with van der Waals surface area (Å²) in [6.07, 6.45) is 9.02. The summed E-state index contributed by atoms with van der Waals surface area (Å²) in [5.41, 5.74) is 6.06. The molecule has 2 N–H and O–H groups in total. The Labute approximate surface area is 88.2 Å². The lowest BCUT2D eigenvalue weighted by Crippen LogP contribution is -2.24. The van der Waals surface area contributed by atoms with Crippen LogP contribution >= 0.6 is 0 Å². The van der Waals surface area contributed by atoms with Crippen LogP contribution in [0, 0.1) is 5.92 Å². The van der Waals surface area contributed by atoms with Gasteiger partial charge in [-0.3, -0.25) is 0 Å². The fraction of sp³-hybridized carbons (Fsp3) is 1.00. The van der Waals surface area contributed by atoms with E-state index in [2.05, 4.69) is 6.92 Å². The lowest BCUT2D eigenvalue weighted by molar-refractivity contribution is 0.125. The summed E-state index contributed by atoms with van der Waals surface area (Å²) < 4.78 is 5.44. The Morgan fingerprint density at radius 3 is 2.64 bits per heavy atom. The minimum absolute atomic E-state index is 0.370. The normalized spacial score (nSPS) is 20.1. The van der Waals surface area contributed by atoms with Gasteiger partial charge in [0, 0.05) is 19.3 Å². The van der Waals surface area contributed by atoms with Crippen molar-refractivity contribution in [1.29, 1.82) is 0 Å². The van der Waals surface area contributed by atoms with Gasteiger partial charge in [-0.25, -0.2) is 0 Å². The molecule has 0 saturated heterocycles. The van der Waals surface area contributed by atoms with Gasteiger partial charge in [0.25, 0.3) is 0 Å². The Balaban J connectivity index is 1.95. The lowest BCUT2D eigenvalue weighted by atomic mass is 9.97. The highest BCUT2D eigenvalue weighted by molar-refractivity contribution is 4.73. The first-order chi connectivity index (χ1) is 6.83. The van der Waals surface area contributed by atoms with E-state index in [0.717, 1.165) is 32.0 Å². The number of ether oxygens (including phenoxy) is 1. The molecule has 14 heavy (non-hydrogen) atoms. The molecule has 0 aliphatic heterocycles. The van der Waals surface area contributed by atoms with Crippen molar-refractivity contribution in [2.24, 2.45) is 11.7 Å². The zero-order valence-electron chi connectivity index (χ0n) is 9.50. The molecule has 84 valence electrons. The van der Waals surface area contributed by atoms with Crippen molar-refractivity contribution in [3.8, 4) is 0 Å². The molecular weight excluding hydrogens is 174 g/mol. The van der Waals surface area contributed by atoms with Crippen LogP contribution in [-0.2, 0) is 4.74 Å². The number of hydrogen-bond acceptors (Lipinski definition) is 2. The van der Waals surface area contributed by atoms with Gasteiger partial charge in [0.05, 0.1) is 0 Å². The first-order valence-electron chi connectivity index (χ1n) is 6.16. The Kier molecular flexibility index (Phi) is 6.20. The van der Waals surface area contributed by atoms with Crippen molar-refractivity contribution >= 4 is 0 Å². The molecule has 2 nitrogen and oxygen atoms in total. The Morgan fingerprint density at radius 2 is 2.00 bits per heavy atom. The molecule has 1 unspecified atom stereocenters. The highest BCUT2D eigenvalue weighted by Gasteiger charge is 2.17. The molecule has 0 amide bonds. The molecule has 0 aromatic carbocycles. The van der Waals surface area contributed by atoms with Crippen molar-refractivity contribution < 1.29 is 4.74 Å². The van der Waals surface area contributed by atoms with Crippen LogP contribution < -0.4 is 5.73 Å². The van der Waals surface area contributed by atoms with Crippen LogP contribution in [0.2, 0.25) is 0 Å². The predicted octanol–water partition coefficient (Wildman–Crippen LogP) is 2.71. The molecule has 1 fully saturated rings. The van der Waals surface area contributed by atoms with Gasteiger partial charge in [0.1, 0.15) is 0 Å². The van der Waals surface area contributed by atoms with Crippen molar-refractivity contribution in [1.82, 2.24) is 0 Å². The summed E-state index contributed by atoms with van der Waals surface area (Å²) in [5, 5.41) is 0. The topological polar surface area (TPSA) is 35.2 Å². The third kappa shape index (κ3) is 4.97. The van der Waals surface area contributed by atoms with E-state index in [0.29, 0.717) is 6.04 Å². The van der Waals surface area contributed by atoms with Crippen LogP contribution in [0.15, 0.2) is 0 Å². The third-order valence-corrected chi connectivity index (χ3v) is 3.09. The summed E-state index contributed by atoms with van der Waals surface area (Å²) in [6, 6.07) is 0.370. The van der Waals surface area contributed by atoms with E-state index in [1.165, 1.54) is 32.1 Å². The van der Waals surface area contributed by atoms with E-state index < -0.39 is 0 Å². The molecule has 0 aromatic heterocycles. The van der Waals surface area contributed by atoms with Crippen molar-refractivity contribution in [3.05, 3.63) is 0 Å². The maximum Gasteiger partial charge on any atom is 0.0480 e. The average molecular weight is 199 g/mol. The van der Waals surface area contributed by atoms with Crippen LogP contribution in [0.3, 0.4) is 0 Å². The van der Waals surface area contributed by atoms with E-state index in [1.807, 2.05) is 0 Å². The molecule has 0 spiro atoms. The van der Waals surface area contributed by atoms with Crippen molar-refractivity contribution in [2.75, 3.05) is 13.2 Å². The molecule has 0 heterocycles. The largest absolute Gasteiger partial charge is 0.381 e. The van der Waals surface area contributed by atoms with Crippen LogP contribution in [0.5, 0.6) is 0 Å². The zero-order chi connectivity index (χ0) is 10.2. The van der Waals surface area contributed by atoms with Crippen LogP contribution in [-0.4, -0.2) is 19.3 Å². The van der Waals surface area contributed by atoms with E-state index in [9.17, 15) is 0 Å². The first kappa shape index (κ1) is 12.0. The van der Waals surface area contributed by atoms with E-state index >= 15 is 0 Å². The monoisotopic (exact) mass is 199 g/mol. The molecule has 2 heteroatoms. The molecule has 0 bridgehead atoms. The summed E-state index contributed by atoms with van der Waals surface area (Å²) in [6.45, 7) is 3.87.